The van der Waals surface area contributed by atoms with Gasteiger partial charge in [-0.2, -0.15) is 5.21 Å². The molecular weight excluding hydrogens is 336 g/mol. The van der Waals surface area contributed by atoms with Gasteiger partial charge >= 0.3 is 0 Å². The molecule has 0 aliphatic carbocycles. The number of nitrogens with one attached hydrogen (secondary N) is 1. The highest BCUT2D eigenvalue weighted by atomic mass is 15.5. The zero-order chi connectivity index (χ0) is 19.6. The van der Waals surface area contributed by atoms with Crippen LogP contribution in [0.25, 0.3) is 22.5 Å². The summed E-state index contributed by atoms with van der Waals surface area (Å²) in [6.45, 7) is 8.74. The van der Waals surface area contributed by atoms with Crippen LogP contribution in [0.5, 0.6) is 0 Å². The van der Waals surface area contributed by atoms with Crippen LogP contribution in [-0.4, -0.2) is 20.6 Å². The summed E-state index contributed by atoms with van der Waals surface area (Å²) in [5.74, 6) is 1.52. The van der Waals surface area contributed by atoms with Crippen molar-refractivity contribution in [3.8, 4) is 22.5 Å². The Morgan fingerprint density at radius 1 is 0.889 bits per heavy atom. The number of nitrogens with two attached hydrogens (primary N) is 2. The van der Waals surface area contributed by atoms with Crippen LogP contribution in [0.2, 0.25) is 0 Å². The van der Waals surface area contributed by atoms with Gasteiger partial charge < -0.3 is 11.5 Å². The van der Waals surface area contributed by atoms with E-state index < -0.39 is 0 Å². The van der Waals surface area contributed by atoms with E-state index in [4.69, 9.17) is 11.5 Å². The van der Waals surface area contributed by atoms with Gasteiger partial charge in [0.2, 0.25) is 5.82 Å². The molecule has 3 rings (SSSR count). The third-order valence-electron chi connectivity index (χ3n) is 4.65. The van der Waals surface area contributed by atoms with Crippen LogP contribution >= 0.6 is 0 Å². The molecule has 2 aromatic carbocycles. The van der Waals surface area contributed by atoms with Crippen LogP contribution < -0.4 is 11.5 Å². The Bertz CT molecular complexity index is 913. The minimum absolute atomic E-state index is 0.457. The lowest BCUT2D eigenvalue weighted by atomic mass is 9.86. The Kier molecular flexibility index (Phi) is 5.44. The molecule has 6 heteroatoms. The van der Waals surface area contributed by atoms with Crippen LogP contribution in [0.4, 0.5) is 11.4 Å². The molecule has 0 saturated carbocycles. The molecule has 0 bridgehead atoms. The predicted octanol–water partition coefficient (Wildman–Crippen LogP) is 4.10. The number of hydrogen-bond donors (Lipinski definition) is 3. The molecule has 1 heterocycles. The number of aromatic amines is 1. The first-order valence-corrected chi connectivity index (χ1v) is 9.41. The first-order chi connectivity index (χ1) is 12.9. The fraction of sp³-hybridized carbons (Fsp3) is 0.381. The quantitative estimate of drug-likeness (QED) is 0.571. The van der Waals surface area contributed by atoms with Crippen molar-refractivity contribution in [1.29, 1.82) is 0 Å². The van der Waals surface area contributed by atoms with Crippen molar-refractivity contribution in [2.24, 2.45) is 11.8 Å². The second-order valence-corrected chi connectivity index (χ2v) is 7.87. The van der Waals surface area contributed by atoms with E-state index >= 15 is 0 Å². The second-order valence-electron chi connectivity index (χ2n) is 7.87. The number of benzene rings is 2. The molecule has 0 fully saturated rings. The second kappa shape index (κ2) is 7.78. The van der Waals surface area contributed by atoms with Gasteiger partial charge in [0.1, 0.15) is 0 Å². The van der Waals surface area contributed by atoms with Crippen molar-refractivity contribution in [2.45, 2.75) is 40.5 Å². The molecule has 1 aromatic heterocycles. The Balaban J connectivity index is 2.27. The largest absolute Gasteiger partial charge is 0.397 e. The number of nitrogens with zero attached hydrogens (tertiary/aromatic N) is 3. The summed E-state index contributed by atoms with van der Waals surface area (Å²) in [4.78, 5) is 0. The van der Waals surface area contributed by atoms with Gasteiger partial charge in [-0.15, -0.1) is 10.2 Å². The number of nitrogen functional groups attached to an aromatic ring is 2. The van der Waals surface area contributed by atoms with Gasteiger partial charge in [-0.3, -0.25) is 0 Å². The SMILES string of the molecule is CC(C)Cc1cc(-c2ccccc2-c2nn[nH]n2)c(CC(C)C)c(N)c1N. The maximum absolute atomic E-state index is 6.54. The molecule has 0 amide bonds. The predicted molar refractivity (Wildman–Crippen MR) is 111 cm³/mol. The number of aromatic nitrogens is 4. The maximum atomic E-state index is 6.54. The smallest absolute Gasteiger partial charge is 0.205 e. The van der Waals surface area contributed by atoms with Crippen LogP contribution in [0.1, 0.15) is 38.8 Å². The molecule has 0 aliphatic heterocycles. The van der Waals surface area contributed by atoms with E-state index in [1.165, 1.54) is 0 Å². The molecule has 0 saturated heterocycles. The molecule has 5 N–H and O–H groups in total. The average Bonchev–Trinajstić information content (AvgIpc) is 3.15. The molecule has 0 radical (unpaired) electrons. The molecule has 27 heavy (non-hydrogen) atoms. The summed E-state index contributed by atoms with van der Waals surface area (Å²) in [6.07, 6.45) is 1.74. The molecule has 0 unspecified atom stereocenters. The van der Waals surface area contributed by atoms with Crippen molar-refractivity contribution in [3.63, 3.8) is 0 Å². The summed E-state index contributed by atoms with van der Waals surface area (Å²) in [6, 6.07) is 10.3. The molecule has 3 aromatic rings. The van der Waals surface area contributed by atoms with E-state index in [-0.39, 0.29) is 0 Å². The lowest BCUT2D eigenvalue weighted by molar-refractivity contribution is 0.643. The van der Waals surface area contributed by atoms with Crippen LogP contribution in [-0.2, 0) is 12.8 Å². The minimum atomic E-state index is 0.457. The van der Waals surface area contributed by atoms with E-state index in [9.17, 15) is 0 Å². The van der Waals surface area contributed by atoms with E-state index in [0.29, 0.717) is 29.0 Å². The highest BCUT2D eigenvalue weighted by molar-refractivity contribution is 5.88. The maximum Gasteiger partial charge on any atom is 0.205 e. The molecule has 142 valence electrons. The van der Waals surface area contributed by atoms with Gasteiger partial charge in [0.15, 0.2) is 0 Å². The summed E-state index contributed by atoms with van der Waals surface area (Å²) in [5, 5.41) is 14.6. The summed E-state index contributed by atoms with van der Waals surface area (Å²) in [5.41, 5.74) is 19.6. The molecule has 0 atom stereocenters. The Morgan fingerprint density at radius 3 is 2.15 bits per heavy atom. The van der Waals surface area contributed by atoms with Gasteiger partial charge in [0.05, 0.1) is 11.4 Å². The van der Waals surface area contributed by atoms with Gasteiger partial charge in [-0.05, 0) is 58.2 Å². The standard InChI is InChI=1S/C21H28N6/c1-12(2)9-14-11-17(18(10-13(3)4)20(23)19(14)22)15-7-5-6-8-16(15)21-24-26-27-25-21/h5-8,11-13H,9-10,22-23H2,1-4H3,(H,24,25,26,27). The van der Waals surface area contributed by atoms with Crippen molar-refractivity contribution in [2.75, 3.05) is 11.5 Å². The zero-order valence-electron chi connectivity index (χ0n) is 16.5. The topological polar surface area (TPSA) is 106 Å². The highest BCUT2D eigenvalue weighted by Crippen LogP contribution is 2.40. The normalized spacial score (nSPS) is 11.5. The van der Waals surface area contributed by atoms with E-state index in [1.807, 2.05) is 18.2 Å². The Hall–Kier alpha value is -2.89. The fourth-order valence-corrected chi connectivity index (χ4v) is 3.49. The van der Waals surface area contributed by atoms with Crippen molar-refractivity contribution in [3.05, 3.63) is 41.5 Å². The van der Waals surface area contributed by atoms with E-state index in [2.05, 4.69) is 60.5 Å². The molecule has 0 aliphatic rings. The molecule has 6 nitrogen and oxygen atoms in total. The number of hydrogen-bond acceptors (Lipinski definition) is 5. The van der Waals surface area contributed by atoms with Crippen LogP contribution in [0.3, 0.4) is 0 Å². The first-order valence-electron chi connectivity index (χ1n) is 9.41. The highest BCUT2D eigenvalue weighted by Gasteiger charge is 2.20. The average molecular weight is 364 g/mol. The Morgan fingerprint density at radius 2 is 1.56 bits per heavy atom. The van der Waals surface area contributed by atoms with E-state index in [1.54, 1.807) is 0 Å². The van der Waals surface area contributed by atoms with Crippen molar-refractivity contribution >= 4 is 11.4 Å². The number of anilines is 2. The summed E-state index contributed by atoms with van der Waals surface area (Å²) >= 11 is 0. The van der Waals surface area contributed by atoms with Gasteiger partial charge in [0.25, 0.3) is 0 Å². The number of rotatable bonds is 6. The van der Waals surface area contributed by atoms with Gasteiger partial charge in [-0.25, -0.2) is 0 Å². The van der Waals surface area contributed by atoms with Gasteiger partial charge in [-0.1, -0.05) is 52.0 Å². The Labute approximate surface area is 160 Å². The fourth-order valence-electron chi connectivity index (χ4n) is 3.49. The minimum Gasteiger partial charge on any atom is -0.397 e. The third-order valence-corrected chi connectivity index (χ3v) is 4.65. The number of tetrazole rings is 1. The van der Waals surface area contributed by atoms with E-state index in [0.717, 1.165) is 40.7 Å². The molecule has 0 spiro atoms. The van der Waals surface area contributed by atoms with Crippen LogP contribution in [0, 0.1) is 11.8 Å². The summed E-state index contributed by atoms with van der Waals surface area (Å²) < 4.78 is 0. The lowest BCUT2D eigenvalue weighted by Crippen LogP contribution is -2.10. The number of H-pyrrole nitrogens is 1. The monoisotopic (exact) mass is 364 g/mol. The van der Waals surface area contributed by atoms with Gasteiger partial charge in [0, 0.05) is 5.56 Å². The first kappa shape index (κ1) is 18.9. The third kappa shape index (κ3) is 3.94. The van der Waals surface area contributed by atoms with Crippen molar-refractivity contribution in [1.82, 2.24) is 20.6 Å². The lowest BCUT2D eigenvalue weighted by Gasteiger charge is -2.21. The van der Waals surface area contributed by atoms with Crippen molar-refractivity contribution < 1.29 is 0 Å². The zero-order valence-corrected chi connectivity index (χ0v) is 16.5. The summed E-state index contributed by atoms with van der Waals surface area (Å²) in [7, 11) is 0. The van der Waals surface area contributed by atoms with Crippen LogP contribution in [0.15, 0.2) is 30.3 Å². The molecular formula is C21H28N6.